The molecule has 1 aromatic rings. The first-order chi connectivity index (χ1) is 8.08. The van der Waals surface area contributed by atoms with Crippen molar-refractivity contribution in [3.63, 3.8) is 0 Å². The van der Waals surface area contributed by atoms with E-state index < -0.39 is 0 Å². The number of nitrogen functional groups attached to an aromatic ring is 1. The summed E-state index contributed by atoms with van der Waals surface area (Å²) in [6.45, 7) is 3.98. The van der Waals surface area contributed by atoms with Crippen molar-refractivity contribution in [2.45, 2.75) is 26.7 Å². The Kier molecular flexibility index (Phi) is 4.82. The fourth-order valence-corrected chi connectivity index (χ4v) is 1.63. The zero-order valence-corrected chi connectivity index (χ0v) is 10.6. The van der Waals surface area contributed by atoms with E-state index in [1.165, 1.54) is 0 Å². The zero-order valence-electron chi connectivity index (χ0n) is 10.6. The van der Waals surface area contributed by atoms with Crippen molar-refractivity contribution in [2.24, 2.45) is 5.92 Å². The van der Waals surface area contributed by atoms with Crippen molar-refractivity contribution in [3.8, 4) is 5.75 Å². The lowest BCUT2D eigenvalue weighted by Crippen LogP contribution is -2.20. The summed E-state index contributed by atoms with van der Waals surface area (Å²) in [4.78, 5) is 11.9. The number of benzene rings is 1. The second-order valence-electron chi connectivity index (χ2n) is 4.14. The first kappa shape index (κ1) is 13.4. The Balaban J connectivity index is 2.77. The van der Waals surface area contributed by atoms with E-state index in [2.05, 4.69) is 12.2 Å². The van der Waals surface area contributed by atoms with Crippen LogP contribution in [0.4, 0.5) is 11.4 Å². The second-order valence-corrected chi connectivity index (χ2v) is 4.14. The fourth-order valence-electron chi connectivity index (χ4n) is 1.63. The summed E-state index contributed by atoms with van der Waals surface area (Å²) in [7, 11) is 1.56. The molecule has 0 bridgehead atoms. The van der Waals surface area contributed by atoms with Crippen LogP contribution in [-0.2, 0) is 4.79 Å². The van der Waals surface area contributed by atoms with Crippen LogP contribution in [0.15, 0.2) is 18.2 Å². The molecule has 0 saturated carbocycles. The van der Waals surface area contributed by atoms with Crippen LogP contribution in [0.3, 0.4) is 0 Å². The molecule has 17 heavy (non-hydrogen) atoms. The average Bonchev–Trinajstić information content (AvgIpc) is 2.31. The Hall–Kier alpha value is -1.71. The molecule has 0 radical (unpaired) electrons. The molecule has 4 nitrogen and oxygen atoms in total. The summed E-state index contributed by atoms with van der Waals surface area (Å²) in [5.74, 6) is 0.597. The number of rotatable bonds is 5. The van der Waals surface area contributed by atoms with Gasteiger partial charge >= 0.3 is 0 Å². The number of hydrogen-bond acceptors (Lipinski definition) is 3. The summed E-state index contributed by atoms with van der Waals surface area (Å²) >= 11 is 0. The van der Waals surface area contributed by atoms with Gasteiger partial charge in [-0.05, 0) is 18.6 Å². The van der Waals surface area contributed by atoms with Crippen molar-refractivity contribution in [1.29, 1.82) is 0 Å². The Bertz CT molecular complexity index is 391. The van der Waals surface area contributed by atoms with Crippen molar-refractivity contribution < 1.29 is 9.53 Å². The molecule has 4 heteroatoms. The first-order valence-corrected chi connectivity index (χ1v) is 5.82. The summed E-state index contributed by atoms with van der Waals surface area (Å²) < 4.78 is 5.17. The molecule has 0 fully saturated rings. The predicted molar refractivity (Wildman–Crippen MR) is 70.1 cm³/mol. The monoisotopic (exact) mass is 236 g/mol. The molecule has 1 unspecified atom stereocenters. The van der Waals surface area contributed by atoms with E-state index >= 15 is 0 Å². The Morgan fingerprint density at radius 3 is 2.82 bits per heavy atom. The number of amides is 1. The van der Waals surface area contributed by atoms with Gasteiger partial charge in [0.2, 0.25) is 5.91 Å². The Labute approximate surface area is 102 Å². The lowest BCUT2D eigenvalue weighted by Gasteiger charge is -2.14. The lowest BCUT2D eigenvalue weighted by molar-refractivity contribution is -0.119. The molecular weight excluding hydrogens is 216 g/mol. The predicted octanol–water partition coefficient (Wildman–Crippen LogP) is 2.65. The zero-order chi connectivity index (χ0) is 12.8. The van der Waals surface area contributed by atoms with Crippen molar-refractivity contribution >= 4 is 17.3 Å². The van der Waals surface area contributed by atoms with Crippen LogP contribution >= 0.6 is 0 Å². The third-order valence-electron chi connectivity index (χ3n) is 2.65. The van der Waals surface area contributed by atoms with Gasteiger partial charge in [-0.1, -0.05) is 20.3 Å². The second kappa shape index (κ2) is 6.13. The number of nitrogens with one attached hydrogen (secondary N) is 1. The minimum Gasteiger partial charge on any atom is -0.494 e. The van der Waals surface area contributed by atoms with E-state index in [1.807, 2.05) is 6.92 Å². The number of ether oxygens (including phenoxy) is 1. The van der Waals surface area contributed by atoms with E-state index in [0.29, 0.717) is 17.1 Å². The summed E-state index contributed by atoms with van der Waals surface area (Å²) in [6, 6.07) is 5.19. The standard InChI is InChI=1S/C13H20N2O2/c1-4-5-9(2)13(16)15-11-7-6-10(14)8-12(11)17-3/h6-9H,4-5,14H2,1-3H3,(H,15,16). The van der Waals surface area contributed by atoms with Crippen LogP contribution in [-0.4, -0.2) is 13.0 Å². The first-order valence-electron chi connectivity index (χ1n) is 5.82. The normalized spacial score (nSPS) is 11.9. The van der Waals surface area contributed by atoms with E-state index in [4.69, 9.17) is 10.5 Å². The smallest absolute Gasteiger partial charge is 0.227 e. The molecular formula is C13H20N2O2. The molecule has 1 amide bonds. The molecule has 0 aliphatic rings. The maximum atomic E-state index is 11.9. The number of methoxy groups -OCH3 is 1. The molecule has 0 aromatic heterocycles. The Morgan fingerprint density at radius 1 is 1.53 bits per heavy atom. The van der Waals surface area contributed by atoms with Crippen LogP contribution in [0.2, 0.25) is 0 Å². The van der Waals surface area contributed by atoms with Gasteiger partial charge in [0.15, 0.2) is 0 Å². The van der Waals surface area contributed by atoms with Crippen LogP contribution < -0.4 is 15.8 Å². The SMILES string of the molecule is CCCC(C)C(=O)Nc1ccc(N)cc1OC. The number of carbonyl (C=O) groups is 1. The summed E-state index contributed by atoms with van der Waals surface area (Å²) in [5, 5.41) is 2.85. The fraction of sp³-hybridized carbons (Fsp3) is 0.462. The highest BCUT2D eigenvalue weighted by Crippen LogP contribution is 2.27. The highest BCUT2D eigenvalue weighted by molar-refractivity contribution is 5.94. The highest BCUT2D eigenvalue weighted by atomic mass is 16.5. The third kappa shape index (κ3) is 3.66. The average molecular weight is 236 g/mol. The Morgan fingerprint density at radius 2 is 2.24 bits per heavy atom. The van der Waals surface area contributed by atoms with Gasteiger partial charge in [-0.2, -0.15) is 0 Å². The summed E-state index contributed by atoms with van der Waals surface area (Å²) in [5.41, 5.74) is 6.92. The van der Waals surface area contributed by atoms with E-state index in [0.717, 1.165) is 12.8 Å². The number of carbonyl (C=O) groups excluding carboxylic acids is 1. The maximum absolute atomic E-state index is 11.9. The number of nitrogens with two attached hydrogens (primary N) is 1. The number of anilines is 2. The molecule has 1 rings (SSSR count). The minimum atomic E-state index is 0.00209. The molecule has 0 saturated heterocycles. The van der Waals surface area contributed by atoms with E-state index in [-0.39, 0.29) is 11.8 Å². The molecule has 1 aromatic carbocycles. The maximum Gasteiger partial charge on any atom is 0.227 e. The topological polar surface area (TPSA) is 64.4 Å². The van der Waals surface area contributed by atoms with Crippen LogP contribution in [0.5, 0.6) is 5.75 Å². The van der Waals surface area contributed by atoms with Gasteiger partial charge in [0.05, 0.1) is 12.8 Å². The molecule has 94 valence electrons. The highest BCUT2D eigenvalue weighted by Gasteiger charge is 2.14. The molecule has 0 aliphatic heterocycles. The third-order valence-corrected chi connectivity index (χ3v) is 2.65. The van der Waals surface area contributed by atoms with Gasteiger partial charge < -0.3 is 15.8 Å². The quantitative estimate of drug-likeness (QED) is 0.772. The summed E-state index contributed by atoms with van der Waals surface area (Å²) in [6.07, 6.45) is 1.87. The van der Waals surface area contributed by atoms with Crippen molar-refractivity contribution in [1.82, 2.24) is 0 Å². The van der Waals surface area contributed by atoms with Crippen molar-refractivity contribution in [2.75, 3.05) is 18.2 Å². The number of hydrogen-bond donors (Lipinski definition) is 2. The van der Waals surface area contributed by atoms with Gasteiger partial charge in [-0.3, -0.25) is 4.79 Å². The lowest BCUT2D eigenvalue weighted by atomic mass is 10.1. The van der Waals surface area contributed by atoms with Crippen LogP contribution in [0, 0.1) is 5.92 Å². The van der Waals surface area contributed by atoms with Crippen molar-refractivity contribution in [3.05, 3.63) is 18.2 Å². The van der Waals surface area contributed by atoms with Gasteiger partial charge in [-0.15, -0.1) is 0 Å². The van der Waals surface area contributed by atoms with Crippen LogP contribution in [0.25, 0.3) is 0 Å². The molecule has 0 spiro atoms. The molecule has 3 N–H and O–H groups in total. The largest absolute Gasteiger partial charge is 0.494 e. The molecule has 1 atom stereocenters. The van der Waals surface area contributed by atoms with Crippen LogP contribution in [0.1, 0.15) is 26.7 Å². The van der Waals surface area contributed by atoms with Gasteiger partial charge in [0.25, 0.3) is 0 Å². The van der Waals surface area contributed by atoms with Gasteiger partial charge in [0, 0.05) is 17.7 Å². The minimum absolute atomic E-state index is 0.00209. The molecule has 0 aliphatic carbocycles. The van der Waals surface area contributed by atoms with E-state index in [1.54, 1.807) is 25.3 Å². The van der Waals surface area contributed by atoms with E-state index in [9.17, 15) is 4.79 Å². The molecule has 0 heterocycles. The van der Waals surface area contributed by atoms with Gasteiger partial charge in [-0.25, -0.2) is 0 Å². The van der Waals surface area contributed by atoms with Gasteiger partial charge in [0.1, 0.15) is 5.75 Å².